The first-order chi connectivity index (χ1) is 15.2. The molecule has 1 aliphatic rings. The summed E-state index contributed by atoms with van der Waals surface area (Å²) >= 11 is 0. The average Bonchev–Trinajstić information content (AvgIpc) is 2.95. The molecule has 4 aromatic rings. The molecule has 2 aromatic heterocycles. The van der Waals surface area contributed by atoms with Crippen molar-refractivity contribution in [1.82, 2.24) is 25.1 Å². The lowest BCUT2D eigenvalue weighted by molar-refractivity contribution is 0.627. The van der Waals surface area contributed by atoms with Crippen molar-refractivity contribution in [3.05, 3.63) is 77.5 Å². The number of hydrogen-bond acceptors (Lipinski definition) is 5. The molecule has 1 saturated heterocycles. The van der Waals surface area contributed by atoms with Crippen LogP contribution in [0.15, 0.2) is 54.6 Å². The van der Waals surface area contributed by atoms with Crippen molar-refractivity contribution < 1.29 is 4.39 Å². The second-order valence-corrected chi connectivity index (χ2v) is 7.89. The molecule has 158 valence electrons. The van der Waals surface area contributed by atoms with Gasteiger partial charge in [-0.05, 0) is 49.7 Å². The number of anilines is 1. The van der Waals surface area contributed by atoms with Gasteiger partial charge in [0.05, 0.1) is 16.8 Å². The molecular weight excluding hydrogens is 391 g/mol. The van der Waals surface area contributed by atoms with Crippen molar-refractivity contribution in [2.75, 3.05) is 31.1 Å². The van der Waals surface area contributed by atoms with Crippen molar-refractivity contribution >= 4 is 16.9 Å². The molecular formula is C24H25FN6. The normalized spacial score (nSPS) is 14.7. The minimum Gasteiger partial charge on any atom is -0.355 e. The van der Waals surface area contributed by atoms with E-state index in [1.54, 1.807) is 16.8 Å². The number of hydrogen-bond donors (Lipinski definition) is 1. The first-order valence-corrected chi connectivity index (χ1v) is 10.7. The SMILES string of the molecule is Cc1nn(-c2ccc(F)cc2)c2nc(Cc3ccccc3)nc(N3CCCNCC3)c12. The number of aromatic nitrogens is 4. The molecule has 1 aliphatic heterocycles. The lowest BCUT2D eigenvalue weighted by Crippen LogP contribution is -2.29. The highest BCUT2D eigenvalue weighted by atomic mass is 19.1. The monoisotopic (exact) mass is 416 g/mol. The molecule has 0 unspecified atom stereocenters. The summed E-state index contributed by atoms with van der Waals surface area (Å²) in [6.45, 7) is 5.74. The van der Waals surface area contributed by atoms with Crippen molar-refractivity contribution in [2.24, 2.45) is 0 Å². The quantitative estimate of drug-likeness (QED) is 0.550. The van der Waals surface area contributed by atoms with Crippen LogP contribution in [0.2, 0.25) is 0 Å². The number of nitrogens with one attached hydrogen (secondary N) is 1. The van der Waals surface area contributed by atoms with E-state index in [0.717, 1.165) is 72.2 Å². The summed E-state index contributed by atoms with van der Waals surface area (Å²) in [4.78, 5) is 12.3. The van der Waals surface area contributed by atoms with Gasteiger partial charge in [0.25, 0.3) is 0 Å². The smallest absolute Gasteiger partial charge is 0.169 e. The zero-order valence-corrected chi connectivity index (χ0v) is 17.6. The van der Waals surface area contributed by atoms with Crippen LogP contribution >= 0.6 is 0 Å². The third-order valence-corrected chi connectivity index (χ3v) is 5.65. The Morgan fingerprint density at radius 3 is 2.58 bits per heavy atom. The van der Waals surface area contributed by atoms with Crippen LogP contribution in [0.4, 0.5) is 10.2 Å². The maximum atomic E-state index is 13.5. The molecule has 6 nitrogen and oxygen atoms in total. The summed E-state index contributed by atoms with van der Waals surface area (Å²) in [5, 5.41) is 9.19. The van der Waals surface area contributed by atoms with Gasteiger partial charge in [-0.15, -0.1) is 0 Å². The van der Waals surface area contributed by atoms with Gasteiger partial charge in [0.15, 0.2) is 5.65 Å². The number of rotatable bonds is 4. The van der Waals surface area contributed by atoms with Crippen molar-refractivity contribution in [1.29, 1.82) is 0 Å². The molecule has 0 bridgehead atoms. The minimum absolute atomic E-state index is 0.269. The van der Waals surface area contributed by atoms with Crippen LogP contribution in [0, 0.1) is 12.7 Å². The standard InChI is InChI=1S/C24H25FN6/c1-17-22-23(30-14-5-12-26-13-15-30)27-21(16-18-6-3-2-4-7-18)28-24(22)31(29-17)20-10-8-19(25)9-11-20/h2-4,6-11,26H,5,12-16H2,1H3. The first-order valence-electron chi connectivity index (χ1n) is 10.7. The van der Waals surface area contributed by atoms with Gasteiger partial charge < -0.3 is 10.2 Å². The van der Waals surface area contributed by atoms with Gasteiger partial charge in [-0.1, -0.05) is 30.3 Å². The molecule has 7 heteroatoms. The summed E-state index contributed by atoms with van der Waals surface area (Å²) < 4.78 is 15.3. The third kappa shape index (κ3) is 4.01. The topological polar surface area (TPSA) is 58.9 Å². The molecule has 0 aliphatic carbocycles. The number of halogens is 1. The maximum Gasteiger partial charge on any atom is 0.169 e. The Bertz CT molecular complexity index is 1180. The van der Waals surface area contributed by atoms with E-state index in [0.29, 0.717) is 6.42 Å². The van der Waals surface area contributed by atoms with Gasteiger partial charge >= 0.3 is 0 Å². The van der Waals surface area contributed by atoms with Crippen LogP contribution < -0.4 is 10.2 Å². The molecule has 1 N–H and O–H groups in total. The van der Waals surface area contributed by atoms with Crippen LogP contribution in [0.3, 0.4) is 0 Å². The van der Waals surface area contributed by atoms with Crippen LogP contribution in [-0.2, 0) is 6.42 Å². The molecule has 0 radical (unpaired) electrons. The zero-order valence-electron chi connectivity index (χ0n) is 17.6. The van der Waals surface area contributed by atoms with Gasteiger partial charge in [0, 0.05) is 26.1 Å². The second-order valence-electron chi connectivity index (χ2n) is 7.89. The number of aryl methyl sites for hydroxylation is 1. The molecule has 0 amide bonds. The van der Waals surface area contributed by atoms with Gasteiger partial charge in [-0.25, -0.2) is 19.0 Å². The maximum absolute atomic E-state index is 13.5. The highest BCUT2D eigenvalue weighted by molar-refractivity contribution is 5.91. The molecule has 3 heterocycles. The fourth-order valence-electron chi connectivity index (χ4n) is 4.11. The van der Waals surface area contributed by atoms with Gasteiger partial charge in [0.1, 0.15) is 17.5 Å². The Morgan fingerprint density at radius 2 is 1.77 bits per heavy atom. The number of fused-ring (bicyclic) bond motifs is 1. The van der Waals surface area contributed by atoms with E-state index >= 15 is 0 Å². The molecule has 5 rings (SSSR count). The van der Waals surface area contributed by atoms with Crippen molar-refractivity contribution in [3.63, 3.8) is 0 Å². The molecule has 31 heavy (non-hydrogen) atoms. The van der Waals surface area contributed by atoms with Crippen molar-refractivity contribution in [2.45, 2.75) is 19.8 Å². The fourth-order valence-corrected chi connectivity index (χ4v) is 4.11. The fraction of sp³-hybridized carbons (Fsp3) is 0.292. The Hall–Kier alpha value is -3.32. The Morgan fingerprint density at radius 1 is 0.968 bits per heavy atom. The van der Waals surface area contributed by atoms with Crippen LogP contribution in [0.1, 0.15) is 23.5 Å². The molecule has 0 saturated carbocycles. The van der Waals surface area contributed by atoms with E-state index in [4.69, 9.17) is 15.1 Å². The molecule has 1 fully saturated rings. The van der Waals surface area contributed by atoms with Gasteiger partial charge in [-0.3, -0.25) is 0 Å². The minimum atomic E-state index is -0.269. The van der Waals surface area contributed by atoms with Crippen LogP contribution in [0.25, 0.3) is 16.7 Å². The van der Waals surface area contributed by atoms with E-state index in [2.05, 4.69) is 22.3 Å². The number of nitrogens with zero attached hydrogens (tertiary/aromatic N) is 5. The Balaban J connectivity index is 1.68. The van der Waals surface area contributed by atoms with Gasteiger partial charge in [-0.2, -0.15) is 5.10 Å². The average molecular weight is 417 g/mol. The molecule has 0 atom stereocenters. The van der Waals surface area contributed by atoms with E-state index in [1.165, 1.54) is 12.1 Å². The first kappa shape index (κ1) is 19.6. The Labute approximate surface area is 180 Å². The summed E-state index contributed by atoms with van der Waals surface area (Å²) in [7, 11) is 0. The Kier molecular flexibility index (Phi) is 5.34. The third-order valence-electron chi connectivity index (χ3n) is 5.65. The van der Waals surface area contributed by atoms with Gasteiger partial charge in [0.2, 0.25) is 0 Å². The summed E-state index contributed by atoms with van der Waals surface area (Å²) in [6.07, 6.45) is 1.70. The second kappa shape index (κ2) is 8.43. The van der Waals surface area contributed by atoms with Crippen LogP contribution in [0.5, 0.6) is 0 Å². The summed E-state index contributed by atoms with van der Waals surface area (Å²) in [5.74, 6) is 1.42. The molecule has 2 aromatic carbocycles. The predicted molar refractivity (Wildman–Crippen MR) is 120 cm³/mol. The van der Waals surface area contributed by atoms with Crippen molar-refractivity contribution in [3.8, 4) is 5.69 Å². The highest BCUT2D eigenvalue weighted by Crippen LogP contribution is 2.30. The van der Waals surface area contributed by atoms with E-state index in [9.17, 15) is 4.39 Å². The van der Waals surface area contributed by atoms with E-state index in [1.807, 2.05) is 25.1 Å². The van der Waals surface area contributed by atoms with E-state index < -0.39 is 0 Å². The highest BCUT2D eigenvalue weighted by Gasteiger charge is 2.22. The number of benzene rings is 2. The lowest BCUT2D eigenvalue weighted by Gasteiger charge is -2.22. The predicted octanol–water partition coefficient (Wildman–Crippen LogP) is 3.65. The summed E-state index contributed by atoms with van der Waals surface area (Å²) in [5.41, 5.74) is 3.58. The largest absolute Gasteiger partial charge is 0.355 e. The lowest BCUT2D eigenvalue weighted by atomic mass is 10.1. The molecule has 0 spiro atoms. The van der Waals surface area contributed by atoms with E-state index in [-0.39, 0.29) is 5.82 Å². The summed E-state index contributed by atoms with van der Waals surface area (Å²) in [6, 6.07) is 16.6. The zero-order chi connectivity index (χ0) is 21.2. The van der Waals surface area contributed by atoms with Crippen LogP contribution in [-0.4, -0.2) is 45.9 Å².